The zero-order valence-electron chi connectivity index (χ0n) is 11.7. The first kappa shape index (κ1) is 14.6. The summed E-state index contributed by atoms with van der Waals surface area (Å²) < 4.78 is 6.07. The summed E-state index contributed by atoms with van der Waals surface area (Å²) in [6, 6.07) is 5.89. The van der Waals surface area contributed by atoms with Crippen molar-refractivity contribution >= 4 is 33.3 Å². The first-order chi connectivity index (χ1) is 9.65. The van der Waals surface area contributed by atoms with E-state index in [0.29, 0.717) is 0 Å². The molecule has 1 aromatic heterocycles. The maximum absolute atomic E-state index is 5.25. The van der Waals surface area contributed by atoms with E-state index in [2.05, 4.69) is 36.5 Å². The number of rotatable bonds is 5. The van der Waals surface area contributed by atoms with Crippen molar-refractivity contribution in [3.63, 3.8) is 0 Å². The fourth-order valence-electron chi connectivity index (χ4n) is 1.84. The van der Waals surface area contributed by atoms with E-state index in [1.54, 1.807) is 7.11 Å². The monoisotopic (exact) mass is 336 g/mol. The van der Waals surface area contributed by atoms with E-state index >= 15 is 0 Å². The summed E-state index contributed by atoms with van der Waals surface area (Å²) in [4.78, 5) is 8.43. The standard InChI is InChI=1S/C14H17BrN4O/c1-4-16-13-12(15)14(18-8-17-13)19-10-5-6-11(20-3)9(2)7-10/h5-8H,4H2,1-3H3,(H2,16,17,18,19). The summed E-state index contributed by atoms with van der Waals surface area (Å²) in [7, 11) is 1.67. The molecular formula is C14H17BrN4O. The predicted octanol–water partition coefficient (Wildman–Crippen LogP) is 3.73. The molecular weight excluding hydrogens is 320 g/mol. The lowest BCUT2D eigenvalue weighted by Crippen LogP contribution is -2.03. The number of aryl methyl sites for hydroxylation is 1. The molecule has 0 fully saturated rings. The molecule has 0 radical (unpaired) electrons. The van der Waals surface area contributed by atoms with Crippen LogP contribution in [-0.4, -0.2) is 23.6 Å². The molecule has 6 heteroatoms. The third-order valence-electron chi connectivity index (χ3n) is 2.79. The zero-order valence-corrected chi connectivity index (χ0v) is 13.3. The van der Waals surface area contributed by atoms with Gasteiger partial charge in [-0.1, -0.05) is 0 Å². The highest BCUT2D eigenvalue weighted by Gasteiger charge is 2.09. The van der Waals surface area contributed by atoms with E-state index in [0.717, 1.165) is 39.7 Å². The summed E-state index contributed by atoms with van der Waals surface area (Å²) in [6.07, 6.45) is 1.53. The van der Waals surface area contributed by atoms with Gasteiger partial charge >= 0.3 is 0 Å². The second-order valence-electron chi connectivity index (χ2n) is 4.22. The number of ether oxygens (including phenoxy) is 1. The summed E-state index contributed by atoms with van der Waals surface area (Å²) in [6.45, 7) is 4.83. The minimum atomic E-state index is 0.723. The molecule has 0 spiro atoms. The van der Waals surface area contributed by atoms with Gasteiger partial charge in [-0.15, -0.1) is 0 Å². The largest absolute Gasteiger partial charge is 0.496 e. The maximum atomic E-state index is 5.25. The second-order valence-corrected chi connectivity index (χ2v) is 5.02. The van der Waals surface area contributed by atoms with Gasteiger partial charge in [-0.05, 0) is 53.5 Å². The summed E-state index contributed by atoms with van der Waals surface area (Å²) in [5.74, 6) is 2.36. The van der Waals surface area contributed by atoms with E-state index in [9.17, 15) is 0 Å². The Balaban J connectivity index is 2.26. The molecule has 0 aliphatic rings. The quantitative estimate of drug-likeness (QED) is 0.871. The molecule has 5 nitrogen and oxygen atoms in total. The predicted molar refractivity (Wildman–Crippen MR) is 84.9 cm³/mol. The normalized spacial score (nSPS) is 10.2. The SMILES string of the molecule is CCNc1ncnc(Nc2ccc(OC)c(C)c2)c1Br. The Hall–Kier alpha value is -1.82. The molecule has 0 aliphatic carbocycles. The van der Waals surface area contributed by atoms with Crippen molar-refractivity contribution in [3.8, 4) is 5.75 Å². The summed E-state index contributed by atoms with van der Waals surface area (Å²) >= 11 is 3.51. The smallest absolute Gasteiger partial charge is 0.150 e. The van der Waals surface area contributed by atoms with Gasteiger partial charge in [-0.2, -0.15) is 0 Å². The highest BCUT2D eigenvalue weighted by atomic mass is 79.9. The highest BCUT2D eigenvalue weighted by Crippen LogP contribution is 2.30. The van der Waals surface area contributed by atoms with Gasteiger partial charge in [0.2, 0.25) is 0 Å². The molecule has 0 saturated carbocycles. The van der Waals surface area contributed by atoms with Gasteiger partial charge in [-0.25, -0.2) is 9.97 Å². The van der Waals surface area contributed by atoms with E-state index in [1.165, 1.54) is 6.33 Å². The Bertz CT molecular complexity index is 604. The van der Waals surface area contributed by atoms with Gasteiger partial charge in [0.05, 0.1) is 7.11 Å². The Kier molecular flexibility index (Phi) is 4.79. The molecule has 106 valence electrons. The van der Waals surface area contributed by atoms with Crippen LogP contribution in [0.1, 0.15) is 12.5 Å². The molecule has 0 amide bonds. The highest BCUT2D eigenvalue weighted by molar-refractivity contribution is 9.10. The van der Waals surface area contributed by atoms with Crippen LogP contribution in [0.2, 0.25) is 0 Å². The summed E-state index contributed by atoms with van der Waals surface area (Å²) in [5, 5.41) is 6.44. The van der Waals surface area contributed by atoms with E-state index in [1.807, 2.05) is 32.0 Å². The molecule has 0 unspecified atom stereocenters. The number of benzene rings is 1. The number of hydrogen-bond donors (Lipinski definition) is 2. The van der Waals surface area contributed by atoms with Crippen LogP contribution < -0.4 is 15.4 Å². The fraction of sp³-hybridized carbons (Fsp3) is 0.286. The molecule has 0 saturated heterocycles. The van der Waals surface area contributed by atoms with Crippen LogP contribution in [0.25, 0.3) is 0 Å². The molecule has 1 heterocycles. The molecule has 20 heavy (non-hydrogen) atoms. The first-order valence-electron chi connectivity index (χ1n) is 6.31. The average molecular weight is 337 g/mol. The summed E-state index contributed by atoms with van der Waals surface area (Å²) in [5.41, 5.74) is 2.01. The van der Waals surface area contributed by atoms with Crippen molar-refractivity contribution in [3.05, 3.63) is 34.6 Å². The molecule has 0 aliphatic heterocycles. The molecule has 0 atom stereocenters. The van der Waals surface area contributed by atoms with E-state index in [-0.39, 0.29) is 0 Å². The van der Waals surface area contributed by atoms with E-state index in [4.69, 9.17) is 4.74 Å². The Labute approximate surface area is 126 Å². The van der Waals surface area contributed by atoms with Crippen LogP contribution in [-0.2, 0) is 0 Å². The second kappa shape index (κ2) is 6.56. The number of hydrogen-bond acceptors (Lipinski definition) is 5. The lowest BCUT2D eigenvalue weighted by molar-refractivity contribution is 0.412. The van der Waals surface area contributed by atoms with Crippen molar-refractivity contribution < 1.29 is 4.74 Å². The van der Waals surface area contributed by atoms with Gasteiger partial charge in [0.1, 0.15) is 28.2 Å². The maximum Gasteiger partial charge on any atom is 0.150 e. The molecule has 2 aromatic rings. The Morgan fingerprint density at radius 1 is 1.25 bits per heavy atom. The zero-order chi connectivity index (χ0) is 14.5. The number of nitrogens with zero attached hydrogens (tertiary/aromatic N) is 2. The number of anilines is 3. The Morgan fingerprint density at radius 2 is 2.00 bits per heavy atom. The third-order valence-corrected chi connectivity index (χ3v) is 3.54. The first-order valence-corrected chi connectivity index (χ1v) is 7.11. The van der Waals surface area contributed by atoms with Gasteiger partial charge in [0.15, 0.2) is 0 Å². The van der Waals surface area contributed by atoms with Crippen LogP contribution in [0, 0.1) is 6.92 Å². The molecule has 0 bridgehead atoms. The van der Waals surface area contributed by atoms with Crippen LogP contribution in [0.4, 0.5) is 17.3 Å². The van der Waals surface area contributed by atoms with Gasteiger partial charge in [-0.3, -0.25) is 0 Å². The van der Waals surface area contributed by atoms with Crippen LogP contribution >= 0.6 is 15.9 Å². The number of aromatic nitrogens is 2. The minimum absolute atomic E-state index is 0.723. The molecule has 1 aromatic carbocycles. The van der Waals surface area contributed by atoms with Gasteiger partial charge in [0.25, 0.3) is 0 Å². The molecule has 2 N–H and O–H groups in total. The van der Waals surface area contributed by atoms with E-state index < -0.39 is 0 Å². The average Bonchev–Trinajstić information content (AvgIpc) is 2.44. The number of nitrogens with one attached hydrogen (secondary N) is 2. The van der Waals surface area contributed by atoms with Crippen molar-refractivity contribution in [2.75, 3.05) is 24.3 Å². The fourth-order valence-corrected chi connectivity index (χ4v) is 2.28. The number of methoxy groups -OCH3 is 1. The van der Waals surface area contributed by atoms with Gasteiger partial charge in [0, 0.05) is 12.2 Å². The van der Waals surface area contributed by atoms with Crippen LogP contribution in [0.15, 0.2) is 29.0 Å². The van der Waals surface area contributed by atoms with Crippen LogP contribution in [0.3, 0.4) is 0 Å². The Morgan fingerprint density at radius 3 is 2.65 bits per heavy atom. The third kappa shape index (κ3) is 3.19. The lowest BCUT2D eigenvalue weighted by Gasteiger charge is -2.12. The lowest BCUT2D eigenvalue weighted by atomic mass is 10.2. The topological polar surface area (TPSA) is 59.1 Å². The molecule has 2 rings (SSSR count). The minimum Gasteiger partial charge on any atom is -0.496 e. The van der Waals surface area contributed by atoms with Crippen molar-refractivity contribution in [1.29, 1.82) is 0 Å². The number of halogens is 1. The van der Waals surface area contributed by atoms with Gasteiger partial charge < -0.3 is 15.4 Å². The van der Waals surface area contributed by atoms with Crippen molar-refractivity contribution in [1.82, 2.24) is 9.97 Å². The van der Waals surface area contributed by atoms with Crippen molar-refractivity contribution in [2.24, 2.45) is 0 Å². The van der Waals surface area contributed by atoms with Crippen LogP contribution in [0.5, 0.6) is 5.75 Å². The van der Waals surface area contributed by atoms with Crippen molar-refractivity contribution in [2.45, 2.75) is 13.8 Å².